The second-order valence-electron chi connectivity index (χ2n) is 4.71. The molecular weight excluding hydrogens is 290 g/mol. The van der Waals surface area contributed by atoms with Crippen molar-refractivity contribution < 1.29 is 8.42 Å². The Kier molecular flexibility index (Phi) is 4.49. The van der Waals surface area contributed by atoms with Gasteiger partial charge in [-0.15, -0.1) is 0 Å². The van der Waals surface area contributed by atoms with Crippen LogP contribution in [0, 0.1) is 0 Å². The monoisotopic (exact) mass is 309 g/mol. The zero-order chi connectivity index (χ0) is 15.5. The largest absolute Gasteiger partial charge is 0.381 e. The van der Waals surface area contributed by atoms with Gasteiger partial charge < -0.3 is 10.6 Å². The number of nitrogen functional groups attached to an aromatic ring is 1. The van der Waals surface area contributed by atoms with E-state index >= 15 is 0 Å². The number of benzene rings is 1. The van der Waals surface area contributed by atoms with Gasteiger partial charge >= 0.3 is 0 Å². The predicted molar refractivity (Wildman–Crippen MR) is 82.5 cm³/mol. The van der Waals surface area contributed by atoms with Crippen molar-refractivity contribution >= 4 is 21.5 Å². The normalized spacial score (nSPS) is 11.5. The Morgan fingerprint density at radius 3 is 2.57 bits per heavy atom. The lowest BCUT2D eigenvalue weighted by Gasteiger charge is -2.19. The number of hydrogen-bond acceptors (Lipinski definition) is 5. The molecule has 2 rings (SSSR count). The third-order valence-electron chi connectivity index (χ3n) is 3.05. The molecule has 0 amide bonds. The Bertz CT molecular complexity index is 697. The lowest BCUT2D eigenvalue weighted by molar-refractivity contribution is 0.581. The number of nitrogens with two attached hydrogens (primary N) is 1. The molecule has 0 fully saturated rings. The van der Waals surface area contributed by atoms with E-state index in [4.69, 9.17) is 5.73 Å². The molecule has 1 aromatic carbocycles. The highest BCUT2D eigenvalue weighted by Gasteiger charge is 2.20. The molecule has 0 saturated heterocycles. The molecule has 0 bridgehead atoms. The van der Waals surface area contributed by atoms with E-state index < -0.39 is 10.0 Å². The summed E-state index contributed by atoms with van der Waals surface area (Å²) >= 11 is 0. The first kappa shape index (κ1) is 15.3. The second-order valence-corrected chi connectivity index (χ2v) is 6.44. The van der Waals surface area contributed by atoms with Crippen LogP contribution < -0.4 is 15.4 Å². The van der Waals surface area contributed by atoms with Gasteiger partial charge in [-0.3, -0.25) is 4.68 Å². The fraction of sp³-hybridized carbons (Fsp3) is 0.308. The zero-order valence-electron chi connectivity index (χ0n) is 12.0. The Balaban J connectivity index is 1.95. The smallest absolute Gasteiger partial charge is 0.245 e. The molecule has 0 atom stereocenters. The Labute approximate surface area is 124 Å². The first-order valence-electron chi connectivity index (χ1n) is 6.45. The van der Waals surface area contributed by atoms with E-state index in [-0.39, 0.29) is 17.3 Å². The quantitative estimate of drug-likeness (QED) is 0.806. The van der Waals surface area contributed by atoms with E-state index in [1.54, 1.807) is 7.05 Å². The van der Waals surface area contributed by atoms with Crippen LogP contribution in [-0.2, 0) is 17.1 Å². The Morgan fingerprint density at radius 1 is 1.33 bits per heavy atom. The zero-order valence-corrected chi connectivity index (χ0v) is 12.8. The van der Waals surface area contributed by atoms with Crippen molar-refractivity contribution in [3.63, 3.8) is 0 Å². The Morgan fingerprint density at radius 2 is 2.00 bits per heavy atom. The number of nitrogens with one attached hydrogen (secondary N) is 1. The molecule has 0 unspecified atom stereocenters. The van der Waals surface area contributed by atoms with Crippen molar-refractivity contribution in [1.29, 1.82) is 0 Å². The van der Waals surface area contributed by atoms with Crippen LogP contribution in [-0.4, -0.2) is 38.3 Å². The van der Waals surface area contributed by atoms with Crippen LogP contribution in [0.2, 0.25) is 0 Å². The Hall–Kier alpha value is -2.06. The molecule has 0 aliphatic carbocycles. The highest BCUT2D eigenvalue weighted by molar-refractivity contribution is 7.89. The summed E-state index contributed by atoms with van der Waals surface area (Å²) in [5, 5.41) is 3.83. The maximum atomic E-state index is 12.1. The highest BCUT2D eigenvalue weighted by atomic mass is 32.2. The van der Waals surface area contributed by atoms with E-state index in [1.807, 2.05) is 42.3 Å². The molecule has 8 heteroatoms. The number of aryl methyl sites for hydroxylation is 1. The minimum absolute atomic E-state index is 0.00131. The average molecular weight is 309 g/mol. The van der Waals surface area contributed by atoms with Gasteiger partial charge in [-0.25, -0.2) is 13.1 Å². The van der Waals surface area contributed by atoms with E-state index in [0.717, 1.165) is 5.69 Å². The van der Waals surface area contributed by atoms with Gasteiger partial charge in [-0.1, -0.05) is 18.2 Å². The molecular formula is C13H19N5O2S. The number of likely N-dealkylation sites (N-methyl/N-ethyl adjacent to an activating group) is 1. The maximum absolute atomic E-state index is 12.1. The number of rotatable bonds is 6. The van der Waals surface area contributed by atoms with Crippen LogP contribution >= 0.6 is 0 Å². The predicted octanol–water partition coefficient (Wildman–Crippen LogP) is 0.417. The molecule has 2 aromatic rings. The second kappa shape index (κ2) is 6.15. The third-order valence-corrected chi connectivity index (χ3v) is 4.53. The van der Waals surface area contributed by atoms with Gasteiger partial charge in [-0.2, -0.15) is 5.10 Å². The number of sulfonamides is 1. The van der Waals surface area contributed by atoms with Gasteiger partial charge in [0, 0.05) is 39.1 Å². The molecule has 3 N–H and O–H groups in total. The molecule has 1 heterocycles. The summed E-state index contributed by atoms with van der Waals surface area (Å²) in [6.07, 6.45) is 1.39. The minimum Gasteiger partial charge on any atom is -0.381 e. The highest BCUT2D eigenvalue weighted by Crippen LogP contribution is 2.15. The van der Waals surface area contributed by atoms with E-state index in [1.165, 1.54) is 10.9 Å². The lowest BCUT2D eigenvalue weighted by atomic mass is 10.3. The SMILES string of the molecule is CN(CCNS(=O)(=O)c1cn(C)nc1N)c1ccccc1. The van der Waals surface area contributed by atoms with E-state index in [0.29, 0.717) is 6.54 Å². The summed E-state index contributed by atoms with van der Waals surface area (Å²) in [6, 6.07) is 9.74. The third kappa shape index (κ3) is 3.73. The van der Waals surface area contributed by atoms with E-state index in [2.05, 4.69) is 9.82 Å². The van der Waals surface area contributed by atoms with Crippen molar-refractivity contribution in [1.82, 2.24) is 14.5 Å². The molecule has 0 aliphatic rings. The lowest BCUT2D eigenvalue weighted by Crippen LogP contribution is -2.33. The summed E-state index contributed by atoms with van der Waals surface area (Å²) in [5.41, 5.74) is 6.61. The number of aromatic nitrogens is 2. The van der Waals surface area contributed by atoms with Gasteiger partial charge in [0.2, 0.25) is 10.0 Å². The van der Waals surface area contributed by atoms with Crippen LogP contribution in [0.15, 0.2) is 41.4 Å². The summed E-state index contributed by atoms with van der Waals surface area (Å²) in [6.45, 7) is 0.825. The standard InChI is InChI=1S/C13H19N5O2S/c1-17(11-6-4-3-5-7-11)9-8-15-21(19,20)12-10-18(2)16-13(12)14/h3-7,10,15H,8-9H2,1-2H3,(H2,14,16). The number of anilines is 2. The van der Waals surface area contributed by atoms with Crippen LogP contribution in [0.25, 0.3) is 0 Å². The van der Waals surface area contributed by atoms with Crippen LogP contribution in [0.4, 0.5) is 11.5 Å². The molecule has 0 radical (unpaired) electrons. The van der Waals surface area contributed by atoms with Gasteiger partial charge in [0.25, 0.3) is 0 Å². The van der Waals surface area contributed by atoms with Crippen molar-refractivity contribution in [3.05, 3.63) is 36.5 Å². The van der Waals surface area contributed by atoms with Crippen molar-refractivity contribution in [2.45, 2.75) is 4.90 Å². The fourth-order valence-electron chi connectivity index (χ4n) is 1.93. The van der Waals surface area contributed by atoms with Gasteiger partial charge in [-0.05, 0) is 12.1 Å². The number of nitrogens with zero attached hydrogens (tertiary/aromatic N) is 3. The molecule has 21 heavy (non-hydrogen) atoms. The summed E-state index contributed by atoms with van der Waals surface area (Å²) < 4.78 is 28.1. The van der Waals surface area contributed by atoms with Crippen molar-refractivity contribution in [2.24, 2.45) is 7.05 Å². The molecule has 1 aromatic heterocycles. The first-order chi connectivity index (χ1) is 9.90. The van der Waals surface area contributed by atoms with Crippen molar-refractivity contribution in [2.75, 3.05) is 30.8 Å². The average Bonchev–Trinajstić information content (AvgIpc) is 2.79. The number of para-hydroxylation sites is 1. The van der Waals surface area contributed by atoms with Crippen LogP contribution in [0.1, 0.15) is 0 Å². The number of hydrogen-bond donors (Lipinski definition) is 2. The maximum Gasteiger partial charge on any atom is 0.245 e. The van der Waals surface area contributed by atoms with Crippen molar-refractivity contribution in [3.8, 4) is 0 Å². The first-order valence-corrected chi connectivity index (χ1v) is 7.93. The fourth-order valence-corrected chi connectivity index (χ4v) is 3.05. The molecule has 0 aliphatic heterocycles. The van der Waals surface area contributed by atoms with E-state index in [9.17, 15) is 8.42 Å². The minimum atomic E-state index is -3.63. The molecule has 0 spiro atoms. The summed E-state index contributed by atoms with van der Waals surface area (Å²) in [7, 11) is -0.105. The summed E-state index contributed by atoms with van der Waals surface area (Å²) in [4.78, 5) is 1.97. The molecule has 7 nitrogen and oxygen atoms in total. The van der Waals surface area contributed by atoms with Crippen LogP contribution in [0.3, 0.4) is 0 Å². The summed E-state index contributed by atoms with van der Waals surface area (Å²) in [5.74, 6) is 0.00131. The van der Waals surface area contributed by atoms with Crippen LogP contribution in [0.5, 0.6) is 0 Å². The van der Waals surface area contributed by atoms with Gasteiger partial charge in [0.15, 0.2) is 5.82 Å². The van der Waals surface area contributed by atoms with Gasteiger partial charge in [0.05, 0.1) is 0 Å². The molecule has 114 valence electrons. The van der Waals surface area contributed by atoms with Gasteiger partial charge in [0.1, 0.15) is 4.90 Å². The topological polar surface area (TPSA) is 93.2 Å². The molecule has 0 saturated carbocycles.